The zero-order valence-electron chi connectivity index (χ0n) is 11.7. The van der Waals surface area contributed by atoms with Gasteiger partial charge in [-0.25, -0.2) is 0 Å². The number of rotatable bonds is 3. The molecule has 0 fully saturated rings. The minimum absolute atomic E-state index is 0. The molecule has 2 rings (SSSR count). The zero-order chi connectivity index (χ0) is 14.4. The van der Waals surface area contributed by atoms with Gasteiger partial charge >= 0.3 is 17.1 Å². The molecule has 1 heterocycles. The monoisotopic (exact) mass is 347 g/mol. The molecule has 4 nitrogen and oxygen atoms in total. The Hall–Kier alpha value is -1.75. The van der Waals surface area contributed by atoms with Crippen LogP contribution < -0.4 is 5.43 Å². The van der Waals surface area contributed by atoms with Gasteiger partial charge < -0.3 is 4.90 Å². The van der Waals surface area contributed by atoms with Crippen LogP contribution in [0, 0.1) is 0 Å². The van der Waals surface area contributed by atoms with Crippen LogP contribution in [-0.4, -0.2) is 34.8 Å². The Morgan fingerprint density at radius 3 is 2.33 bits per heavy atom. The first kappa shape index (κ1) is 17.3. The van der Waals surface area contributed by atoms with Crippen LogP contribution in [0.2, 0.25) is 0 Å². The van der Waals surface area contributed by atoms with Crippen molar-refractivity contribution < 1.29 is 17.1 Å². The molecule has 0 unspecified atom stereocenters. The number of benzene rings is 1. The van der Waals surface area contributed by atoms with Gasteiger partial charge in [0, 0.05) is 25.9 Å². The molecule has 0 aliphatic carbocycles. The van der Waals surface area contributed by atoms with Crippen LogP contribution in [-0.2, 0) is 17.1 Å². The van der Waals surface area contributed by atoms with Gasteiger partial charge in [0.05, 0.1) is 5.69 Å². The van der Waals surface area contributed by atoms with Gasteiger partial charge in [-0.2, -0.15) is 5.10 Å². The summed E-state index contributed by atoms with van der Waals surface area (Å²) in [5, 5.41) is 4.96. The summed E-state index contributed by atoms with van der Waals surface area (Å²) in [6, 6.07) is 15.6. The second-order valence-corrected chi connectivity index (χ2v) is 4.74. The van der Waals surface area contributed by atoms with E-state index in [0.717, 1.165) is 17.0 Å². The summed E-state index contributed by atoms with van der Waals surface area (Å²) < 4.78 is 0. The first-order valence-corrected chi connectivity index (χ1v) is 6.61. The Morgan fingerprint density at radius 2 is 1.76 bits per heavy atom. The fraction of sp³-hybridized carbons (Fsp3) is 0.133. The van der Waals surface area contributed by atoms with Crippen LogP contribution in [0.5, 0.6) is 0 Å². The SMILES string of the molecule is CN(C)C(=S)NN=C(c1ccccc1)c1ccccn1.[Cu+2]. The summed E-state index contributed by atoms with van der Waals surface area (Å²) in [5.74, 6) is 0. The molecule has 0 aliphatic heterocycles. The number of thiocarbonyl (C=S) groups is 1. The Kier molecular flexibility index (Phi) is 7.02. The quantitative estimate of drug-likeness (QED) is 0.400. The Morgan fingerprint density at radius 1 is 1.10 bits per heavy atom. The minimum atomic E-state index is 0. The van der Waals surface area contributed by atoms with Crippen LogP contribution in [0.15, 0.2) is 59.8 Å². The maximum absolute atomic E-state index is 5.18. The molecule has 1 aromatic heterocycles. The normalized spacial score (nSPS) is 10.5. The molecule has 0 saturated carbocycles. The van der Waals surface area contributed by atoms with Crippen molar-refractivity contribution in [3.63, 3.8) is 0 Å². The maximum atomic E-state index is 5.18. The van der Waals surface area contributed by atoms with Gasteiger partial charge in [-0.3, -0.25) is 10.4 Å². The van der Waals surface area contributed by atoms with E-state index < -0.39 is 0 Å². The standard InChI is InChI=1S/C15H16N4S.Cu/c1-19(2)15(20)18-17-14(12-8-4-3-5-9-12)13-10-6-7-11-16-13;/h3-11H,1-2H3,(H,18,20);/q;+2. The molecule has 0 spiro atoms. The summed E-state index contributed by atoms with van der Waals surface area (Å²) in [4.78, 5) is 6.14. The number of nitrogens with zero attached hydrogens (tertiary/aromatic N) is 3. The van der Waals surface area contributed by atoms with Crippen LogP contribution >= 0.6 is 12.2 Å². The van der Waals surface area contributed by atoms with Crippen molar-refractivity contribution in [3.05, 3.63) is 66.0 Å². The molecule has 0 amide bonds. The number of aromatic nitrogens is 1. The summed E-state index contributed by atoms with van der Waals surface area (Å²) >= 11 is 5.18. The van der Waals surface area contributed by atoms with Crippen molar-refractivity contribution in [3.8, 4) is 0 Å². The number of hydrogen-bond acceptors (Lipinski definition) is 3. The van der Waals surface area contributed by atoms with Gasteiger partial charge in [-0.15, -0.1) is 0 Å². The van der Waals surface area contributed by atoms with E-state index in [2.05, 4.69) is 15.5 Å². The van der Waals surface area contributed by atoms with Crippen molar-refractivity contribution >= 4 is 23.0 Å². The fourth-order valence-corrected chi connectivity index (χ4v) is 1.62. The van der Waals surface area contributed by atoms with Gasteiger partial charge in [0.25, 0.3) is 0 Å². The molecular formula is C15H16CuN4S+2. The second-order valence-electron chi connectivity index (χ2n) is 4.35. The molecule has 0 atom stereocenters. The number of nitrogens with one attached hydrogen (secondary N) is 1. The predicted molar refractivity (Wildman–Crippen MR) is 85.7 cm³/mol. The molecule has 111 valence electrons. The third-order valence-corrected chi connectivity index (χ3v) is 3.08. The molecular weight excluding hydrogens is 332 g/mol. The van der Waals surface area contributed by atoms with E-state index in [1.165, 1.54) is 0 Å². The average Bonchev–Trinajstić information content (AvgIpc) is 2.49. The molecule has 1 aromatic carbocycles. The molecule has 6 heteroatoms. The van der Waals surface area contributed by atoms with Gasteiger partial charge in [-0.1, -0.05) is 36.4 Å². The third kappa shape index (κ3) is 4.93. The smallest absolute Gasteiger partial charge is 0.354 e. The van der Waals surface area contributed by atoms with E-state index in [1.54, 1.807) is 11.1 Å². The van der Waals surface area contributed by atoms with E-state index in [4.69, 9.17) is 12.2 Å². The second kappa shape index (κ2) is 8.52. The summed E-state index contributed by atoms with van der Waals surface area (Å²) in [6.45, 7) is 0. The Labute approximate surface area is 140 Å². The fourth-order valence-electron chi connectivity index (χ4n) is 1.57. The van der Waals surface area contributed by atoms with Gasteiger partial charge in [0.15, 0.2) is 5.11 Å². The van der Waals surface area contributed by atoms with Crippen LogP contribution in [0.25, 0.3) is 0 Å². The van der Waals surface area contributed by atoms with Crippen LogP contribution in [0.1, 0.15) is 11.3 Å². The van der Waals surface area contributed by atoms with Crippen molar-refractivity contribution in [2.75, 3.05) is 14.1 Å². The van der Waals surface area contributed by atoms with Gasteiger partial charge in [-0.05, 0) is 24.4 Å². The van der Waals surface area contributed by atoms with Crippen LogP contribution in [0.4, 0.5) is 0 Å². The first-order valence-electron chi connectivity index (χ1n) is 6.20. The molecule has 1 N–H and O–H groups in total. The van der Waals surface area contributed by atoms with Gasteiger partial charge in [0.2, 0.25) is 0 Å². The van der Waals surface area contributed by atoms with Crippen molar-refractivity contribution in [1.82, 2.24) is 15.3 Å². The van der Waals surface area contributed by atoms with E-state index in [-0.39, 0.29) is 17.1 Å². The first-order chi connectivity index (χ1) is 9.68. The molecule has 0 saturated heterocycles. The number of pyridine rings is 1. The topological polar surface area (TPSA) is 40.5 Å². The summed E-state index contributed by atoms with van der Waals surface area (Å²) in [7, 11) is 3.74. The average molecular weight is 348 g/mol. The molecule has 0 bridgehead atoms. The Balaban J connectivity index is 0.00000220. The van der Waals surface area contributed by atoms with E-state index in [9.17, 15) is 0 Å². The largest absolute Gasteiger partial charge is 2.00 e. The number of hydrazone groups is 1. The van der Waals surface area contributed by atoms with Crippen molar-refractivity contribution in [2.24, 2.45) is 5.10 Å². The van der Waals surface area contributed by atoms with Gasteiger partial charge in [0.1, 0.15) is 5.71 Å². The summed E-state index contributed by atoms with van der Waals surface area (Å²) in [6.07, 6.45) is 1.75. The Bertz CT molecular complexity index is 558. The molecule has 0 aliphatic rings. The number of hydrogen-bond donors (Lipinski definition) is 1. The molecule has 21 heavy (non-hydrogen) atoms. The van der Waals surface area contributed by atoms with E-state index in [0.29, 0.717) is 5.11 Å². The summed E-state index contributed by atoms with van der Waals surface area (Å²) in [5.41, 5.74) is 5.43. The minimum Gasteiger partial charge on any atom is -0.354 e. The third-order valence-electron chi connectivity index (χ3n) is 2.62. The van der Waals surface area contributed by atoms with Crippen LogP contribution in [0.3, 0.4) is 0 Å². The van der Waals surface area contributed by atoms with Crippen molar-refractivity contribution in [1.29, 1.82) is 0 Å². The van der Waals surface area contributed by atoms with E-state index >= 15 is 0 Å². The molecule has 1 radical (unpaired) electrons. The van der Waals surface area contributed by atoms with E-state index in [1.807, 2.05) is 62.6 Å². The van der Waals surface area contributed by atoms with Crippen molar-refractivity contribution in [2.45, 2.75) is 0 Å². The molecule has 2 aromatic rings. The zero-order valence-corrected chi connectivity index (χ0v) is 13.5. The predicted octanol–water partition coefficient (Wildman–Crippen LogP) is 2.27. The maximum Gasteiger partial charge on any atom is 2.00 e.